The summed E-state index contributed by atoms with van der Waals surface area (Å²) in [6, 6.07) is 11.1. The Hall–Kier alpha value is -1.46. The third kappa shape index (κ3) is 2.03. The molecule has 5 heteroatoms. The fourth-order valence-corrected chi connectivity index (χ4v) is 2.79. The van der Waals surface area contributed by atoms with Crippen molar-refractivity contribution in [3.63, 3.8) is 0 Å². The molecule has 0 aliphatic heterocycles. The number of aryl methyl sites for hydroxylation is 1. The Balaban J connectivity index is 2.42. The predicted octanol–water partition coefficient (Wildman–Crippen LogP) is 4.90. The summed E-state index contributed by atoms with van der Waals surface area (Å²) in [5.74, 6) is -0.305. The molecule has 0 amide bonds. The van der Waals surface area contributed by atoms with Gasteiger partial charge in [0.1, 0.15) is 5.82 Å². The standard InChI is InChI=1S/C14H10BrFN2S/c1-8-4-2-3-5-12(8)18-13-6-9(15)10(16)7-11(13)17-14(18)19/h2-7H,1H3,(H,17,19). The molecule has 0 spiro atoms. The van der Waals surface area contributed by atoms with Crippen molar-refractivity contribution < 1.29 is 4.39 Å². The molecule has 1 N–H and O–H groups in total. The number of halogens is 2. The van der Waals surface area contributed by atoms with Crippen molar-refractivity contribution >= 4 is 39.2 Å². The van der Waals surface area contributed by atoms with Crippen LogP contribution in [0.4, 0.5) is 4.39 Å². The topological polar surface area (TPSA) is 20.7 Å². The van der Waals surface area contributed by atoms with Crippen LogP contribution in [0.5, 0.6) is 0 Å². The van der Waals surface area contributed by atoms with E-state index in [0.29, 0.717) is 14.8 Å². The number of benzene rings is 2. The second-order valence-electron chi connectivity index (χ2n) is 4.34. The molecule has 0 saturated heterocycles. The molecule has 2 nitrogen and oxygen atoms in total. The largest absolute Gasteiger partial charge is 0.330 e. The maximum Gasteiger partial charge on any atom is 0.182 e. The van der Waals surface area contributed by atoms with Gasteiger partial charge >= 0.3 is 0 Å². The van der Waals surface area contributed by atoms with Crippen LogP contribution in [0.25, 0.3) is 16.7 Å². The monoisotopic (exact) mass is 336 g/mol. The van der Waals surface area contributed by atoms with Gasteiger partial charge in [0.15, 0.2) is 4.77 Å². The molecule has 1 heterocycles. The van der Waals surface area contributed by atoms with E-state index in [9.17, 15) is 4.39 Å². The molecule has 0 saturated carbocycles. The van der Waals surface area contributed by atoms with Crippen molar-refractivity contribution in [1.82, 2.24) is 9.55 Å². The van der Waals surface area contributed by atoms with E-state index in [0.717, 1.165) is 16.8 Å². The number of aromatic nitrogens is 2. The highest BCUT2D eigenvalue weighted by atomic mass is 79.9. The lowest BCUT2D eigenvalue weighted by Crippen LogP contribution is -1.96. The van der Waals surface area contributed by atoms with Crippen LogP contribution in [-0.2, 0) is 0 Å². The molecule has 0 fully saturated rings. The lowest BCUT2D eigenvalue weighted by molar-refractivity contribution is 0.623. The molecule has 19 heavy (non-hydrogen) atoms. The predicted molar refractivity (Wildman–Crippen MR) is 80.9 cm³/mol. The third-order valence-corrected chi connectivity index (χ3v) is 3.97. The van der Waals surface area contributed by atoms with E-state index in [1.54, 1.807) is 6.07 Å². The molecule has 3 aromatic rings. The van der Waals surface area contributed by atoms with Gasteiger partial charge in [-0.25, -0.2) is 4.39 Å². The minimum atomic E-state index is -0.305. The molecule has 0 aliphatic rings. The number of fused-ring (bicyclic) bond motifs is 1. The van der Waals surface area contributed by atoms with Gasteiger partial charge in [0.25, 0.3) is 0 Å². The highest BCUT2D eigenvalue weighted by Crippen LogP contribution is 2.26. The van der Waals surface area contributed by atoms with Crippen LogP contribution in [0.2, 0.25) is 0 Å². The van der Waals surface area contributed by atoms with Gasteiger partial charge in [-0.3, -0.25) is 4.57 Å². The van der Waals surface area contributed by atoms with Crippen molar-refractivity contribution in [3.8, 4) is 5.69 Å². The van der Waals surface area contributed by atoms with E-state index in [4.69, 9.17) is 12.2 Å². The smallest absolute Gasteiger partial charge is 0.182 e. The SMILES string of the molecule is Cc1ccccc1-n1c(=S)[nH]c2cc(F)c(Br)cc21. The Bertz CT molecular complexity index is 835. The molecule has 0 aliphatic carbocycles. The fourth-order valence-electron chi connectivity index (χ4n) is 2.16. The van der Waals surface area contributed by atoms with Gasteiger partial charge < -0.3 is 4.98 Å². The summed E-state index contributed by atoms with van der Waals surface area (Å²) < 4.78 is 16.5. The quantitative estimate of drug-likeness (QED) is 0.627. The first-order valence-corrected chi connectivity index (χ1v) is 6.94. The first-order valence-electron chi connectivity index (χ1n) is 5.73. The maximum atomic E-state index is 13.6. The summed E-state index contributed by atoms with van der Waals surface area (Å²) in [6.45, 7) is 2.02. The Morgan fingerprint density at radius 3 is 2.74 bits per heavy atom. The lowest BCUT2D eigenvalue weighted by Gasteiger charge is -2.08. The van der Waals surface area contributed by atoms with E-state index >= 15 is 0 Å². The Morgan fingerprint density at radius 2 is 2.00 bits per heavy atom. The summed E-state index contributed by atoms with van der Waals surface area (Å²) >= 11 is 8.57. The fraction of sp³-hybridized carbons (Fsp3) is 0.0714. The number of nitrogens with one attached hydrogen (secondary N) is 1. The number of H-pyrrole nitrogens is 1. The number of para-hydroxylation sites is 1. The molecular formula is C14H10BrFN2S. The van der Waals surface area contributed by atoms with Gasteiger partial charge in [0.05, 0.1) is 21.2 Å². The molecule has 0 bridgehead atoms. The van der Waals surface area contributed by atoms with Crippen LogP contribution in [0.3, 0.4) is 0 Å². The van der Waals surface area contributed by atoms with Crippen molar-refractivity contribution in [2.45, 2.75) is 6.92 Å². The molecule has 2 aromatic carbocycles. The zero-order valence-corrected chi connectivity index (χ0v) is 12.5. The molecule has 0 unspecified atom stereocenters. The van der Waals surface area contributed by atoms with Crippen LogP contribution >= 0.6 is 28.1 Å². The number of aromatic amines is 1. The third-order valence-electron chi connectivity index (χ3n) is 3.08. The van der Waals surface area contributed by atoms with Crippen LogP contribution in [0.15, 0.2) is 40.9 Å². The van der Waals surface area contributed by atoms with E-state index in [-0.39, 0.29) is 5.82 Å². The molecule has 0 radical (unpaired) electrons. The van der Waals surface area contributed by atoms with Gasteiger partial charge in [-0.1, -0.05) is 18.2 Å². The Labute approximate surface area is 123 Å². The summed E-state index contributed by atoms with van der Waals surface area (Å²) in [5, 5.41) is 0. The molecule has 3 rings (SSSR count). The van der Waals surface area contributed by atoms with Crippen LogP contribution < -0.4 is 0 Å². The highest BCUT2D eigenvalue weighted by molar-refractivity contribution is 9.10. The molecule has 0 atom stereocenters. The Morgan fingerprint density at radius 1 is 1.26 bits per heavy atom. The summed E-state index contributed by atoms with van der Waals surface area (Å²) in [7, 11) is 0. The van der Waals surface area contributed by atoms with E-state index in [2.05, 4.69) is 20.9 Å². The normalized spacial score (nSPS) is 11.1. The zero-order chi connectivity index (χ0) is 13.6. The van der Waals surface area contributed by atoms with Crippen LogP contribution in [0.1, 0.15) is 5.56 Å². The second kappa shape index (κ2) is 4.58. The van der Waals surface area contributed by atoms with E-state index in [1.165, 1.54) is 6.07 Å². The second-order valence-corrected chi connectivity index (χ2v) is 5.58. The van der Waals surface area contributed by atoms with Gasteiger partial charge in [0.2, 0.25) is 0 Å². The van der Waals surface area contributed by atoms with Gasteiger partial charge in [-0.2, -0.15) is 0 Å². The first-order chi connectivity index (χ1) is 9.08. The van der Waals surface area contributed by atoms with Gasteiger partial charge in [0, 0.05) is 6.07 Å². The van der Waals surface area contributed by atoms with Crippen molar-refractivity contribution in [2.75, 3.05) is 0 Å². The Kier molecular flexibility index (Phi) is 3.03. The lowest BCUT2D eigenvalue weighted by atomic mass is 10.2. The number of hydrogen-bond donors (Lipinski definition) is 1. The van der Waals surface area contributed by atoms with Gasteiger partial charge in [-0.05, 0) is 52.8 Å². The summed E-state index contributed by atoms with van der Waals surface area (Å²) in [4.78, 5) is 3.04. The first kappa shape index (κ1) is 12.6. The van der Waals surface area contributed by atoms with E-state index < -0.39 is 0 Å². The number of rotatable bonds is 1. The van der Waals surface area contributed by atoms with Crippen molar-refractivity contribution in [1.29, 1.82) is 0 Å². The minimum absolute atomic E-state index is 0.305. The van der Waals surface area contributed by atoms with Crippen LogP contribution in [0, 0.1) is 17.5 Å². The number of imidazole rings is 1. The molecule has 1 aromatic heterocycles. The van der Waals surface area contributed by atoms with Crippen molar-refractivity contribution in [2.24, 2.45) is 0 Å². The zero-order valence-electron chi connectivity index (χ0n) is 10.1. The highest BCUT2D eigenvalue weighted by Gasteiger charge is 2.11. The number of hydrogen-bond acceptors (Lipinski definition) is 1. The van der Waals surface area contributed by atoms with Gasteiger partial charge in [-0.15, -0.1) is 0 Å². The average molecular weight is 337 g/mol. The van der Waals surface area contributed by atoms with Crippen LogP contribution in [-0.4, -0.2) is 9.55 Å². The maximum absolute atomic E-state index is 13.6. The van der Waals surface area contributed by atoms with E-state index in [1.807, 2.05) is 35.8 Å². The average Bonchev–Trinajstić information content (AvgIpc) is 2.66. The molecule has 96 valence electrons. The summed E-state index contributed by atoms with van der Waals surface area (Å²) in [6.07, 6.45) is 0. The number of nitrogens with zero attached hydrogens (tertiary/aromatic N) is 1. The van der Waals surface area contributed by atoms with Crippen molar-refractivity contribution in [3.05, 3.63) is 57.0 Å². The minimum Gasteiger partial charge on any atom is -0.330 e. The molecular weight excluding hydrogens is 327 g/mol. The summed E-state index contributed by atoms with van der Waals surface area (Å²) in [5.41, 5.74) is 3.65.